The van der Waals surface area contributed by atoms with Crippen LogP contribution in [-0.2, 0) is 25.1 Å². The number of carbonyl (C=O) groups excluding carboxylic acids is 4. The van der Waals surface area contributed by atoms with E-state index >= 15 is 0 Å². The molecule has 1 heterocycles. The molecule has 1 unspecified atom stereocenters. The lowest BCUT2D eigenvalue weighted by Crippen LogP contribution is -2.50. The maximum absolute atomic E-state index is 12.3. The smallest absolute Gasteiger partial charge is 0.248 e. The summed E-state index contributed by atoms with van der Waals surface area (Å²) >= 11 is 5.73. The van der Waals surface area contributed by atoms with Gasteiger partial charge in [0.2, 0.25) is 23.6 Å². The van der Waals surface area contributed by atoms with E-state index in [0.29, 0.717) is 11.6 Å². The van der Waals surface area contributed by atoms with Crippen molar-refractivity contribution in [2.24, 2.45) is 0 Å². The lowest BCUT2D eigenvalue weighted by Gasteiger charge is -2.21. The molecule has 4 amide bonds. The molecule has 9 nitrogen and oxygen atoms in total. The van der Waals surface area contributed by atoms with Gasteiger partial charge in [-0.3, -0.25) is 19.2 Å². The number of carbonyl (C=O) groups is 4. The Labute approximate surface area is 179 Å². The number of hydrogen-bond acceptors (Lipinski definition) is 5. The van der Waals surface area contributed by atoms with Crippen LogP contribution in [0.1, 0.15) is 25.8 Å². The molecule has 162 valence electrons. The predicted molar refractivity (Wildman–Crippen MR) is 111 cm³/mol. The zero-order valence-corrected chi connectivity index (χ0v) is 17.5. The first kappa shape index (κ1) is 23.4. The Morgan fingerprint density at radius 1 is 1.10 bits per heavy atom. The molecule has 30 heavy (non-hydrogen) atoms. The summed E-state index contributed by atoms with van der Waals surface area (Å²) in [5, 5.41) is 17.3. The van der Waals surface area contributed by atoms with Crippen LogP contribution in [0.3, 0.4) is 0 Å². The van der Waals surface area contributed by atoms with E-state index in [9.17, 15) is 24.3 Å². The number of aliphatic hydroxyl groups excluding tert-OH is 1. The van der Waals surface area contributed by atoms with Gasteiger partial charge < -0.3 is 26.0 Å². The Morgan fingerprint density at radius 2 is 1.73 bits per heavy atom. The Kier molecular flexibility index (Phi) is 8.37. The topological polar surface area (TPSA) is 128 Å². The summed E-state index contributed by atoms with van der Waals surface area (Å²) < 4.78 is 0. The number of anilines is 1. The standard InChI is InChI=1S/C20H25ClN4O5/c1-12(22-16(26)9-10-25-17(27)7-8-18(25)28)19(29)23-13(2)20(30)24-15-5-3-14(11-21)4-6-15/h3-8,12-13,17,27H,9-11H2,1-2H3,(H,22,26)(H,23,29)(H,24,30)/t12-,13-,17?/m0/s1. The number of nitrogens with zero attached hydrogens (tertiary/aromatic N) is 1. The average Bonchev–Trinajstić information content (AvgIpc) is 3.04. The molecular weight excluding hydrogens is 412 g/mol. The van der Waals surface area contributed by atoms with E-state index < -0.39 is 36.0 Å². The molecule has 0 aliphatic carbocycles. The minimum atomic E-state index is -1.04. The summed E-state index contributed by atoms with van der Waals surface area (Å²) in [5.74, 6) is -1.40. The van der Waals surface area contributed by atoms with Crippen molar-refractivity contribution >= 4 is 40.9 Å². The molecular formula is C20H25ClN4O5. The van der Waals surface area contributed by atoms with Gasteiger partial charge in [-0.1, -0.05) is 12.1 Å². The van der Waals surface area contributed by atoms with E-state index in [4.69, 9.17) is 11.6 Å². The Hall–Kier alpha value is -2.91. The summed E-state index contributed by atoms with van der Waals surface area (Å²) in [6.45, 7) is 3.04. The Morgan fingerprint density at radius 3 is 2.30 bits per heavy atom. The highest BCUT2D eigenvalue weighted by Gasteiger charge is 2.25. The fourth-order valence-electron chi connectivity index (χ4n) is 2.67. The molecule has 0 radical (unpaired) electrons. The molecule has 10 heteroatoms. The van der Waals surface area contributed by atoms with Crippen molar-refractivity contribution in [3.05, 3.63) is 42.0 Å². The van der Waals surface area contributed by atoms with Crippen LogP contribution < -0.4 is 16.0 Å². The Bertz CT molecular complexity index is 827. The molecule has 0 bridgehead atoms. The summed E-state index contributed by atoms with van der Waals surface area (Å²) in [5.41, 5.74) is 1.49. The van der Waals surface area contributed by atoms with Gasteiger partial charge in [-0.05, 0) is 37.6 Å². The van der Waals surface area contributed by atoms with Crippen molar-refractivity contribution in [1.29, 1.82) is 0 Å². The number of aliphatic hydroxyl groups is 1. The minimum Gasteiger partial charge on any atom is -0.370 e. The largest absolute Gasteiger partial charge is 0.370 e. The first-order valence-corrected chi connectivity index (χ1v) is 9.97. The number of benzene rings is 1. The number of rotatable bonds is 9. The summed E-state index contributed by atoms with van der Waals surface area (Å²) in [6.07, 6.45) is 1.44. The predicted octanol–water partition coefficient (Wildman–Crippen LogP) is 0.480. The summed E-state index contributed by atoms with van der Waals surface area (Å²) in [4.78, 5) is 49.2. The van der Waals surface area contributed by atoms with Crippen molar-refractivity contribution in [1.82, 2.24) is 15.5 Å². The fourth-order valence-corrected chi connectivity index (χ4v) is 2.85. The maximum Gasteiger partial charge on any atom is 0.248 e. The quantitative estimate of drug-likeness (QED) is 0.419. The van der Waals surface area contributed by atoms with Crippen LogP contribution in [0, 0.1) is 0 Å². The zero-order valence-electron chi connectivity index (χ0n) is 16.7. The van der Waals surface area contributed by atoms with Crippen LogP contribution in [0.15, 0.2) is 36.4 Å². The van der Waals surface area contributed by atoms with Gasteiger partial charge >= 0.3 is 0 Å². The molecule has 0 fully saturated rings. The SMILES string of the molecule is C[C@H](NC(=O)CCN1C(=O)C=CC1O)C(=O)N[C@@H](C)C(=O)Nc1ccc(CCl)cc1. The normalized spacial score (nSPS) is 17.4. The number of nitrogens with one attached hydrogen (secondary N) is 3. The second-order valence-corrected chi connectivity index (χ2v) is 7.16. The molecule has 1 aliphatic rings. The molecule has 0 saturated heterocycles. The van der Waals surface area contributed by atoms with Crippen molar-refractivity contribution in [2.75, 3.05) is 11.9 Å². The van der Waals surface area contributed by atoms with Crippen molar-refractivity contribution in [3.63, 3.8) is 0 Å². The number of alkyl halides is 1. The summed E-state index contributed by atoms with van der Waals surface area (Å²) in [6, 6.07) is 5.29. The molecule has 0 saturated carbocycles. The lowest BCUT2D eigenvalue weighted by atomic mass is 10.2. The minimum absolute atomic E-state index is 0.0223. The number of hydrogen-bond donors (Lipinski definition) is 4. The van der Waals surface area contributed by atoms with Crippen molar-refractivity contribution < 1.29 is 24.3 Å². The number of halogens is 1. The van der Waals surface area contributed by atoms with Crippen LogP contribution in [0.25, 0.3) is 0 Å². The van der Waals surface area contributed by atoms with Gasteiger partial charge in [0.25, 0.3) is 0 Å². The maximum atomic E-state index is 12.3. The van der Waals surface area contributed by atoms with Crippen LogP contribution >= 0.6 is 11.6 Å². The molecule has 1 aromatic rings. The first-order chi connectivity index (χ1) is 14.2. The molecule has 4 N–H and O–H groups in total. The molecule has 3 atom stereocenters. The van der Waals surface area contributed by atoms with Crippen LogP contribution in [0.4, 0.5) is 5.69 Å². The zero-order chi connectivity index (χ0) is 22.3. The fraction of sp³-hybridized carbons (Fsp3) is 0.400. The third-order valence-electron chi connectivity index (χ3n) is 4.49. The third kappa shape index (κ3) is 6.57. The van der Waals surface area contributed by atoms with E-state index in [1.165, 1.54) is 26.0 Å². The van der Waals surface area contributed by atoms with Gasteiger partial charge in [-0.15, -0.1) is 11.6 Å². The molecule has 0 spiro atoms. The van der Waals surface area contributed by atoms with E-state index in [2.05, 4.69) is 16.0 Å². The van der Waals surface area contributed by atoms with Gasteiger partial charge in [0.15, 0.2) is 0 Å². The second-order valence-electron chi connectivity index (χ2n) is 6.89. The first-order valence-electron chi connectivity index (χ1n) is 9.43. The van der Waals surface area contributed by atoms with E-state index in [1.807, 2.05) is 0 Å². The molecule has 0 aromatic heterocycles. The Balaban J connectivity index is 1.75. The summed E-state index contributed by atoms with van der Waals surface area (Å²) in [7, 11) is 0. The van der Waals surface area contributed by atoms with Crippen LogP contribution in [0.2, 0.25) is 0 Å². The van der Waals surface area contributed by atoms with E-state index in [0.717, 1.165) is 10.5 Å². The lowest BCUT2D eigenvalue weighted by molar-refractivity contribution is -0.133. The van der Waals surface area contributed by atoms with Crippen LogP contribution in [0.5, 0.6) is 0 Å². The van der Waals surface area contributed by atoms with Crippen LogP contribution in [-0.4, -0.2) is 58.5 Å². The van der Waals surface area contributed by atoms with Crippen molar-refractivity contribution in [2.45, 2.75) is 44.5 Å². The number of amides is 4. The van der Waals surface area contributed by atoms with Gasteiger partial charge in [0.1, 0.15) is 18.3 Å². The highest BCUT2D eigenvalue weighted by Crippen LogP contribution is 2.11. The molecule has 1 aromatic carbocycles. The third-order valence-corrected chi connectivity index (χ3v) is 4.80. The van der Waals surface area contributed by atoms with E-state index in [1.54, 1.807) is 24.3 Å². The van der Waals surface area contributed by atoms with Gasteiger partial charge in [-0.2, -0.15) is 0 Å². The highest BCUT2D eigenvalue weighted by atomic mass is 35.5. The van der Waals surface area contributed by atoms with Gasteiger partial charge in [-0.25, -0.2) is 0 Å². The van der Waals surface area contributed by atoms with Gasteiger partial charge in [0.05, 0.1) is 0 Å². The van der Waals surface area contributed by atoms with Crippen molar-refractivity contribution in [3.8, 4) is 0 Å². The average molecular weight is 437 g/mol. The molecule has 2 rings (SSSR count). The van der Waals surface area contributed by atoms with Gasteiger partial charge in [0, 0.05) is 30.6 Å². The monoisotopic (exact) mass is 436 g/mol. The van der Waals surface area contributed by atoms with E-state index in [-0.39, 0.29) is 18.9 Å². The molecule has 1 aliphatic heterocycles. The highest BCUT2D eigenvalue weighted by molar-refractivity contribution is 6.17. The second kappa shape index (κ2) is 10.7.